The predicted molar refractivity (Wildman–Crippen MR) is 98.4 cm³/mol. The molecule has 0 radical (unpaired) electrons. The standard InChI is InChI=1S/C21H33NO2/c1-2-6-18(7-3-1)10-13-22-16-20-8-4-5-9-21(20)24-17-19-11-14-23-15-12-19/h4-5,8-9,18-19,22H,1-3,6-7,10-17H2. The number of rotatable bonds is 8. The third kappa shape index (κ3) is 5.78. The molecule has 0 atom stereocenters. The molecule has 1 heterocycles. The molecule has 2 fully saturated rings. The molecule has 0 bridgehead atoms. The van der Waals surface area contributed by atoms with Gasteiger partial charge >= 0.3 is 0 Å². The highest BCUT2D eigenvalue weighted by Crippen LogP contribution is 2.26. The maximum Gasteiger partial charge on any atom is 0.123 e. The molecule has 1 aromatic rings. The van der Waals surface area contributed by atoms with Crippen molar-refractivity contribution in [3.05, 3.63) is 29.8 Å². The van der Waals surface area contributed by atoms with E-state index in [2.05, 4.69) is 29.6 Å². The average molecular weight is 332 g/mol. The molecule has 0 spiro atoms. The van der Waals surface area contributed by atoms with Crippen LogP contribution in [0.15, 0.2) is 24.3 Å². The Labute approximate surface area is 147 Å². The van der Waals surface area contributed by atoms with E-state index >= 15 is 0 Å². The normalized spacial score (nSPS) is 20.2. The zero-order valence-corrected chi connectivity index (χ0v) is 15.0. The van der Waals surface area contributed by atoms with Crippen LogP contribution in [0.5, 0.6) is 5.75 Å². The largest absolute Gasteiger partial charge is 0.493 e. The van der Waals surface area contributed by atoms with Gasteiger partial charge in [-0.3, -0.25) is 0 Å². The van der Waals surface area contributed by atoms with Crippen LogP contribution in [-0.4, -0.2) is 26.4 Å². The van der Waals surface area contributed by atoms with E-state index in [1.807, 2.05) is 0 Å². The van der Waals surface area contributed by atoms with Crippen LogP contribution in [0, 0.1) is 11.8 Å². The number of ether oxygens (including phenoxy) is 2. The van der Waals surface area contributed by atoms with Crippen molar-refractivity contribution in [1.82, 2.24) is 5.32 Å². The zero-order valence-electron chi connectivity index (χ0n) is 15.0. The van der Waals surface area contributed by atoms with Crippen molar-refractivity contribution in [2.24, 2.45) is 11.8 Å². The van der Waals surface area contributed by atoms with Crippen LogP contribution in [0.1, 0.15) is 56.9 Å². The van der Waals surface area contributed by atoms with Crippen molar-refractivity contribution >= 4 is 0 Å². The van der Waals surface area contributed by atoms with E-state index in [0.29, 0.717) is 5.92 Å². The second kappa shape index (κ2) is 10.0. The van der Waals surface area contributed by atoms with Gasteiger partial charge in [-0.15, -0.1) is 0 Å². The highest BCUT2D eigenvalue weighted by molar-refractivity contribution is 5.33. The summed E-state index contributed by atoms with van der Waals surface area (Å²) in [5.41, 5.74) is 1.29. The van der Waals surface area contributed by atoms with Gasteiger partial charge in [0.05, 0.1) is 6.61 Å². The third-order valence-electron chi connectivity index (χ3n) is 5.56. The molecule has 1 aliphatic heterocycles. The van der Waals surface area contributed by atoms with Crippen LogP contribution in [0.2, 0.25) is 0 Å². The summed E-state index contributed by atoms with van der Waals surface area (Å²) in [6.07, 6.45) is 10.8. The summed E-state index contributed by atoms with van der Waals surface area (Å²) < 4.78 is 11.6. The van der Waals surface area contributed by atoms with E-state index in [9.17, 15) is 0 Å². The van der Waals surface area contributed by atoms with Gasteiger partial charge in [0.1, 0.15) is 5.75 Å². The van der Waals surface area contributed by atoms with Gasteiger partial charge in [0.15, 0.2) is 0 Å². The minimum atomic E-state index is 0.645. The highest BCUT2D eigenvalue weighted by atomic mass is 16.5. The van der Waals surface area contributed by atoms with Gasteiger partial charge in [0.2, 0.25) is 0 Å². The fraction of sp³-hybridized carbons (Fsp3) is 0.714. The van der Waals surface area contributed by atoms with Gasteiger partial charge < -0.3 is 14.8 Å². The summed E-state index contributed by atoms with van der Waals surface area (Å²) in [6.45, 7) is 4.63. The van der Waals surface area contributed by atoms with Crippen molar-refractivity contribution < 1.29 is 9.47 Å². The first-order valence-electron chi connectivity index (χ1n) is 9.91. The van der Waals surface area contributed by atoms with Crippen LogP contribution >= 0.6 is 0 Å². The number of hydrogen-bond acceptors (Lipinski definition) is 3. The van der Waals surface area contributed by atoms with Crippen LogP contribution in [0.25, 0.3) is 0 Å². The molecule has 3 nitrogen and oxygen atoms in total. The summed E-state index contributed by atoms with van der Waals surface area (Å²) in [5.74, 6) is 2.64. The van der Waals surface area contributed by atoms with Gasteiger partial charge in [-0.05, 0) is 43.7 Å². The first kappa shape index (κ1) is 17.8. The lowest BCUT2D eigenvalue weighted by molar-refractivity contribution is 0.0496. The van der Waals surface area contributed by atoms with E-state index in [0.717, 1.165) is 57.4 Å². The van der Waals surface area contributed by atoms with Gasteiger partial charge in [0.25, 0.3) is 0 Å². The van der Waals surface area contributed by atoms with Crippen LogP contribution in [-0.2, 0) is 11.3 Å². The summed E-state index contributed by atoms with van der Waals surface area (Å²) in [5, 5.41) is 3.63. The SMILES string of the molecule is c1ccc(OCC2CCOCC2)c(CNCCC2CCCCC2)c1. The molecule has 3 heteroatoms. The van der Waals surface area contributed by atoms with Gasteiger partial charge in [0, 0.05) is 25.3 Å². The molecular weight excluding hydrogens is 298 g/mol. The zero-order chi connectivity index (χ0) is 16.5. The lowest BCUT2D eigenvalue weighted by atomic mass is 9.87. The molecule has 1 saturated heterocycles. The quantitative estimate of drug-likeness (QED) is 0.709. The smallest absolute Gasteiger partial charge is 0.123 e. The fourth-order valence-electron chi connectivity index (χ4n) is 3.92. The van der Waals surface area contributed by atoms with Crippen molar-refractivity contribution in [1.29, 1.82) is 0 Å². The van der Waals surface area contributed by atoms with Crippen LogP contribution in [0.4, 0.5) is 0 Å². The average Bonchev–Trinajstić information content (AvgIpc) is 2.66. The van der Waals surface area contributed by atoms with Gasteiger partial charge in [-0.1, -0.05) is 50.3 Å². The Kier molecular flexibility index (Phi) is 7.43. The Bertz CT molecular complexity index is 465. The Morgan fingerprint density at radius 3 is 2.58 bits per heavy atom. The molecular formula is C21H33NO2. The molecule has 1 N–H and O–H groups in total. The van der Waals surface area contributed by atoms with E-state index in [1.165, 1.54) is 44.1 Å². The molecule has 24 heavy (non-hydrogen) atoms. The maximum absolute atomic E-state index is 6.13. The minimum absolute atomic E-state index is 0.645. The number of hydrogen-bond donors (Lipinski definition) is 1. The molecule has 0 aromatic heterocycles. The summed E-state index contributed by atoms with van der Waals surface area (Å²) >= 11 is 0. The maximum atomic E-state index is 6.13. The Hall–Kier alpha value is -1.06. The Balaban J connectivity index is 1.39. The van der Waals surface area contributed by atoms with Gasteiger partial charge in [-0.2, -0.15) is 0 Å². The molecule has 0 amide bonds. The van der Waals surface area contributed by atoms with E-state index in [1.54, 1.807) is 0 Å². The summed E-state index contributed by atoms with van der Waals surface area (Å²) in [6, 6.07) is 8.48. The molecule has 1 aliphatic carbocycles. The van der Waals surface area contributed by atoms with Crippen LogP contribution in [0.3, 0.4) is 0 Å². The molecule has 1 aromatic carbocycles. The lowest BCUT2D eigenvalue weighted by Crippen LogP contribution is -2.22. The van der Waals surface area contributed by atoms with Crippen molar-refractivity contribution in [3.63, 3.8) is 0 Å². The number of benzene rings is 1. The fourth-order valence-corrected chi connectivity index (χ4v) is 3.92. The van der Waals surface area contributed by atoms with Crippen molar-refractivity contribution in [2.75, 3.05) is 26.4 Å². The first-order valence-corrected chi connectivity index (χ1v) is 9.91. The Morgan fingerprint density at radius 2 is 1.75 bits per heavy atom. The summed E-state index contributed by atoms with van der Waals surface area (Å²) in [4.78, 5) is 0. The number of nitrogens with one attached hydrogen (secondary N) is 1. The molecule has 1 saturated carbocycles. The lowest BCUT2D eigenvalue weighted by Gasteiger charge is -2.23. The molecule has 0 unspecified atom stereocenters. The Morgan fingerprint density at radius 1 is 0.958 bits per heavy atom. The van der Waals surface area contributed by atoms with E-state index in [4.69, 9.17) is 9.47 Å². The second-order valence-corrected chi connectivity index (χ2v) is 7.44. The minimum Gasteiger partial charge on any atom is -0.493 e. The van der Waals surface area contributed by atoms with Crippen LogP contribution < -0.4 is 10.1 Å². The topological polar surface area (TPSA) is 30.5 Å². The monoisotopic (exact) mass is 331 g/mol. The third-order valence-corrected chi connectivity index (χ3v) is 5.56. The summed E-state index contributed by atoms with van der Waals surface area (Å²) in [7, 11) is 0. The van der Waals surface area contributed by atoms with E-state index < -0.39 is 0 Å². The van der Waals surface area contributed by atoms with E-state index in [-0.39, 0.29) is 0 Å². The molecule has 3 rings (SSSR count). The van der Waals surface area contributed by atoms with Crippen molar-refractivity contribution in [3.8, 4) is 5.75 Å². The first-order chi connectivity index (χ1) is 11.9. The van der Waals surface area contributed by atoms with Crippen molar-refractivity contribution in [2.45, 2.75) is 57.9 Å². The number of para-hydroxylation sites is 1. The second-order valence-electron chi connectivity index (χ2n) is 7.44. The van der Waals surface area contributed by atoms with Gasteiger partial charge in [-0.25, -0.2) is 0 Å². The highest BCUT2D eigenvalue weighted by Gasteiger charge is 2.15. The predicted octanol–water partition coefficient (Wildman–Crippen LogP) is 4.55. The molecule has 134 valence electrons. The molecule has 2 aliphatic rings.